The first-order valence-electron chi connectivity index (χ1n) is 12.8. The van der Waals surface area contributed by atoms with Crippen molar-refractivity contribution in [3.63, 3.8) is 0 Å². The van der Waals surface area contributed by atoms with Crippen LogP contribution in [-0.4, -0.2) is 33.5 Å². The van der Waals surface area contributed by atoms with Gasteiger partial charge in [-0.2, -0.15) is 0 Å². The average Bonchev–Trinajstić information content (AvgIpc) is 3.07. The third kappa shape index (κ3) is 3.70. The van der Waals surface area contributed by atoms with Crippen LogP contribution in [0.25, 0.3) is 0 Å². The van der Waals surface area contributed by atoms with Gasteiger partial charge in [0.1, 0.15) is 0 Å². The molecule has 0 bridgehead atoms. The van der Waals surface area contributed by atoms with Crippen LogP contribution in [0.4, 0.5) is 0 Å². The van der Waals surface area contributed by atoms with Crippen LogP contribution in [0, 0.1) is 52.3 Å². The molecule has 0 heterocycles. The summed E-state index contributed by atoms with van der Waals surface area (Å²) in [5.41, 5.74) is 0.404. The van der Waals surface area contributed by atoms with Crippen molar-refractivity contribution >= 4 is 5.97 Å². The highest BCUT2D eigenvalue weighted by atomic mass is 16.4. The van der Waals surface area contributed by atoms with Crippen LogP contribution in [0.2, 0.25) is 0 Å². The van der Waals surface area contributed by atoms with Crippen LogP contribution in [0.1, 0.15) is 85.0 Å². The largest absolute Gasteiger partial charge is 0.481 e. The van der Waals surface area contributed by atoms with Gasteiger partial charge in [-0.25, -0.2) is 0 Å². The molecule has 4 unspecified atom stereocenters. The summed E-state index contributed by atoms with van der Waals surface area (Å²) >= 11 is 0. The van der Waals surface area contributed by atoms with Gasteiger partial charge in [0.2, 0.25) is 0 Å². The van der Waals surface area contributed by atoms with Crippen molar-refractivity contribution < 1.29 is 20.1 Å². The molecule has 3 N–H and O–H groups in total. The minimum atomic E-state index is -0.691. The summed E-state index contributed by atoms with van der Waals surface area (Å²) in [6.45, 7) is 11.2. The first-order valence-corrected chi connectivity index (χ1v) is 12.8. The Balaban J connectivity index is 1.63. The average molecular weight is 433 g/mol. The van der Waals surface area contributed by atoms with Crippen molar-refractivity contribution in [2.24, 2.45) is 52.3 Å². The molecule has 4 aliphatic rings. The highest BCUT2D eigenvalue weighted by Gasteiger charge is 2.64. The van der Waals surface area contributed by atoms with Gasteiger partial charge in [0, 0.05) is 6.42 Å². The molecule has 4 saturated carbocycles. The zero-order valence-electron chi connectivity index (χ0n) is 19.8. The Morgan fingerprint density at radius 1 is 1.06 bits per heavy atom. The molecule has 0 amide bonds. The van der Waals surface area contributed by atoms with Gasteiger partial charge in [0.05, 0.1) is 12.2 Å². The van der Waals surface area contributed by atoms with Gasteiger partial charge in [-0.15, -0.1) is 6.58 Å². The molecular weight excluding hydrogens is 388 g/mol. The fourth-order valence-electron chi connectivity index (χ4n) is 9.46. The number of carboxylic acids is 1. The summed E-state index contributed by atoms with van der Waals surface area (Å²) in [7, 11) is 0. The van der Waals surface area contributed by atoms with Crippen molar-refractivity contribution in [1.82, 2.24) is 0 Å². The fraction of sp³-hybridized carbons (Fsp3) is 0.889. The molecule has 0 spiro atoms. The van der Waals surface area contributed by atoms with Gasteiger partial charge in [-0.3, -0.25) is 4.79 Å². The van der Waals surface area contributed by atoms with E-state index in [-0.39, 0.29) is 35.4 Å². The third-order valence-corrected chi connectivity index (χ3v) is 10.9. The summed E-state index contributed by atoms with van der Waals surface area (Å²) < 4.78 is 0. The third-order valence-electron chi connectivity index (χ3n) is 10.9. The Labute approximate surface area is 188 Å². The zero-order chi connectivity index (χ0) is 22.6. The Morgan fingerprint density at radius 3 is 2.42 bits per heavy atom. The van der Waals surface area contributed by atoms with Crippen LogP contribution >= 0.6 is 0 Å². The Kier molecular flexibility index (Phi) is 6.37. The van der Waals surface area contributed by atoms with E-state index in [1.807, 2.05) is 6.08 Å². The Morgan fingerprint density at radius 2 is 1.74 bits per heavy atom. The monoisotopic (exact) mass is 432 g/mol. The molecule has 4 nitrogen and oxygen atoms in total. The van der Waals surface area contributed by atoms with Gasteiger partial charge in [-0.05, 0) is 110 Å². The summed E-state index contributed by atoms with van der Waals surface area (Å²) in [5, 5.41) is 31.4. The predicted molar refractivity (Wildman–Crippen MR) is 122 cm³/mol. The van der Waals surface area contributed by atoms with Crippen molar-refractivity contribution in [2.45, 2.75) is 97.2 Å². The molecule has 0 saturated heterocycles. The van der Waals surface area contributed by atoms with Gasteiger partial charge < -0.3 is 15.3 Å². The maximum Gasteiger partial charge on any atom is 0.303 e. The SMILES string of the molecule is C=CC[C@H]1C(O)C2C3CC[C@H]([C@H](C)CCC(=O)O)[C@@]3(C)CCC2[C@@]2(C)CC[C@@H](O)C[C@@H]12. The number of fused-ring (bicyclic) bond motifs is 5. The van der Waals surface area contributed by atoms with E-state index in [2.05, 4.69) is 27.4 Å². The summed E-state index contributed by atoms with van der Waals surface area (Å²) in [4.78, 5) is 11.1. The van der Waals surface area contributed by atoms with E-state index in [1.165, 1.54) is 25.7 Å². The van der Waals surface area contributed by atoms with Gasteiger partial charge in [0.25, 0.3) is 0 Å². The van der Waals surface area contributed by atoms with Crippen molar-refractivity contribution in [2.75, 3.05) is 0 Å². The van der Waals surface area contributed by atoms with E-state index in [9.17, 15) is 15.0 Å². The van der Waals surface area contributed by atoms with E-state index in [1.54, 1.807) is 0 Å². The number of hydrogen-bond donors (Lipinski definition) is 3. The van der Waals surface area contributed by atoms with Crippen LogP contribution in [0.5, 0.6) is 0 Å². The Hall–Kier alpha value is -0.870. The molecule has 0 radical (unpaired) electrons. The number of aliphatic carboxylic acids is 1. The molecule has 31 heavy (non-hydrogen) atoms. The van der Waals surface area contributed by atoms with Crippen LogP contribution < -0.4 is 0 Å². The normalized spacial score (nSPS) is 50.1. The van der Waals surface area contributed by atoms with Crippen LogP contribution in [0.3, 0.4) is 0 Å². The Bertz CT molecular complexity index is 691. The maximum atomic E-state index is 11.8. The number of hydrogen-bond acceptors (Lipinski definition) is 3. The number of aliphatic hydroxyl groups excluding tert-OH is 2. The van der Waals surface area contributed by atoms with Gasteiger partial charge >= 0.3 is 5.97 Å². The molecule has 11 atom stereocenters. The number of carbonyl (C=O) groups is 1. The lowest BCUT2D eigenvalue weighted by Gasteiger charge is -2.64. The molecule has 176 valence electrons. The summed E-state index contributed by atoms with van der Waals surface area (Å²) in [6, 6.07) is 0. The van der Waals surface area contributed by atoms with E-state index in [4.69, 9.17) is 5.11 Å². The van der Waals surface area contributed by atoms with Crippen molar-refractivity contribution in [3.8, 4) is 0 Å². The van der Waals surface area contributed by atoms with E-state index >= 15 is 0 Å². The van der Waals surface area contributed by atoms with Gasteiger partial charge in [0.15, 0.2) is 0 Å². The number of carboxylic acid groups (broad SMARTS) is 1. The molecule has 4 aliphatic carbocycles. The molecule has 0 aromatic carbocycles. The second kappa shape index (κ2) is 8.48. The number of aliphatic hydroxyl groups is 2. The predicted octanol–water partition coefficient (Wildman–Crippen LogP) is 5.28. The molecular formula is C27H44O4. The highest BCUT2D eigenvalue weighted by Crippen LogP contribution is 2.69. The second-order valence-corrected chi connectivity index (χ2v) is 12.1. The van der Waals surface area contributed by atoms with E-state index in [0.717, 1.165) is 32.1 Å². The first kappa shape index (κ1) is 23.3. The van der Waals surface area contributed by atoms with Crippen LogP contribution in [-0.2, 0) is 4.79 Å². The number of allylic oxidation sites excluding steroid dienone is 1. The molecule has 4 heteroatoms. The first-order chi connectivity index (χ1) is 14.6. The highest BCUT2D eigenvalue weighted by molar-refractivity contribution is 5.66. The summed E-state index contributed by atoms with van der Waals surface area (Å²) in [6.07, 6.45) is 10.8. The van der Waals surface area contributed by atoms with Crippen molar-refractivity contribution in [1.29, 1.82) is 0 Å². The van der Waals surface area contributed by atoms with Crippen LogP contribution in [0.15, 0.2) is 12.7 Å². The lowest BCUT2D eigenvalue weighted by molar-refractivity contribution is -0.202. The lowest BCUT2D eigenvalue weighted by atomic mass is 9.41. The van der Waals surface area contributed by atoms with Crippen molar-refractivity contribution in [3.05, 3.63) is 12.7 Å². The molecule has 0 aromatic heterocycles. The maximum absolute atomic E-state index is 11.8. The quantitative estimate of drug-likeness (QED) is 0.499. The van der Waals surface area contributed by atoms with E-state index < -0.39 is 5.97 Å². The van der Waals surface area contributed by atoms with E-state index in [0.29, 0.717) is 35.5 Å². The zero-order valence-corrected chi connectivity index (χ0v) is 19.8. The second-order valence-electron chi connectivity index (χ2n) is 12.1. The molecule has 4 fully saturated rings. The number of rotatable bonds is 6. The smallest absolute Gasteiger partial charge is 0.303 e. The summed E-state index contributed by atoms with van der Waals surface area (Å²) in [5.74, 6) is 2.25. The molecule has 0 aliphatic heterocycles. The molecule has 4 rings (SSSR count). The molecule has 0 aromatic rings. The lowest BCUT2D eigenvalue weighted by Crippen LogP contribution is -2.62. The fourth-order valence-corrected chi connectivity index (χ4v) is 9.46. The minimum Gasteiger partial charge on any atom is -0.481 e. The standard InChI is InChI=1S/C27H44O4/c1-5-6-18-22-15-17(28)11-13-27(22,4)21-12-14-26(3)19(16(2)7-10-23(29)30)8-9-20(26)24(21)25(18)31/h5,16-22,24-25,28,31H,1,6-15H2,2-4H3,(H,29,30)/t16-,17-,18-,19-,20?,21?,22+,24?,25?,26-,27-/m1/s1. The topological polar surface area (TPSA) is 77.8 Å². The minimum absolute atomic E-state index is 0.199. The van der Waals surface area contributed by atoms with Gasteiger partial charge in [-0.1, -0.05) is 26.8 Å².